The summed E-state index contributed by atoms with van der Waals surface area (Å²) in [6.45, 7) is 3.91. The quantitative estimate of drug-likeness (QED) is 0.901. The molecular weight excluding hydrogens is 289 g/mol. The fourth-order valence-corrected chi connectivity index (χ4v) is 2.44. The number of carbonyl (C=O) groups excluding carboxylic acids is 1. The van der Waals surface area contributed by atoms with Gasteiger partial charge in [-0.2, -0.15) is 0 Å². The second-order valence-electron chi connectivity index (χ2n) is 5.06. The highest BCUT2D eigenvalue weighted by Gasteiger charge is 2.13. The molecule has 0 unspecified atom stereocenters. The summed E-state index contributed by atoms with van der Waals surface area (Å²) in [5, 5.41) is 3.21. The van der Waals surface area contributed by atoms with Crippen LogP contribution in [0.3, 0.4) is 0 Å². The zero-order valence-corrected chi connectivity index (χ0v) is 12.7. The van der Waals surface area contributed by atoms with Gasteiger partial charge in [0.1, 0.15) is 5.82 Å². The van der Waals surface area contributed by atoms with E-state index in [4.69, 9.17) is 11.6 Å². The van der Waals surface area contributed by atoms with Crippen molar-refractivity contribution in [2.24, 2.45) is 0 Å². The number of carbonyl (C=O) groups is 1. The van der Waals surface area contributed by atoms with Crippen molar-refractivity contribution in [1.82, 2.24) is 5.32 Å². The number of nitrogens with one attached hydrogen (secondary N) is 1. The lowest BCUT2D eigenvalue weighted by molar-refractivity contribution is -0.121. The van der Waals surface area contributed by atoms with Gasteiger partial charge in [-0.15, -0.1) is 0 Å². The minimum Gasteiger partial charge on any atom is -0.349 e. The third-order valence-electron chi connectivity index (χ3n) is 3.40. The number of amides is 1. The van der Waals surface area contributed by atoms with Crippen LogP contribution >= 0.6 is 11.6 Å². The molecule has 2 rings (SSSR count). The second kappa shape index (κ2) is 6.72. The molecule has 21 heavy (non-hydrogen) atoms. The van der Waals surface area contributed by atoms with Crippen molar-refractivity contribution in [2.45, 2.75) is 26.3 Å². The Labute approximate surface area is 128 Å². The molecule has 4 heteroatoms. The average Bonchev–Trinajstić information content (AvgIpc) is 2.42. The maximum Gasteiger partial charge on any atom is 0.225 e. The van der Waals surface area contributed by atoms with E-state index in [2.05, 4.69) is 5.32 Å². The molecule has 0 aromatic heterocycles. The van der Waals surface area contributed by atoms with Gasteiger partial charge in [0.15, 0.2) is 0 Å². The maximum absolute atomic E-state index is 13.7. The van der Waals surface area contributed by atoms with Crippen molar-refractivity contribution < 1.29 is 9.18 Å². The van der Waals surface area contributed by atoms with E-state index in [-0.39, 0.29) is 18.4 Å². The molecule has 2 nitrogen and oxygen atoms in total. The predicted molar refractivity (Wildman–Crippen MR) is 82.9 cm³/mol. The topological polar surface area (TPSA) is 29.1 Å². The summed E-state index contributed by atoms with van der Waals surface area (Å²) in [6.07, 6.45) is -0.000770. The standard InChI is InChI=1S/C17H17ClFNO/c1-11-5-3-4-6-15(11)12(2)20-17(21)9-13-7-8-14(18)10-16(13)19/h3-8,10,12H,9H2,1-2H3,(H,20,21)/t12-/m0/s1. The van der Waals surface area contributed by atoms with Crippen LogP contribution in [0.1, 0.15) is 29.7 Å². The normalized spacial score (nSPS) is 12.0. The van der Waals surface area contributed by atoms with E-state index >= 15 is 0 Å². The molecule has 0 saturated heterocycles. The van der Waals surface area contributed by atoms with Gasteiger partial charge in [-0.25, -0.2) is 4.39 Å². The molecular formula is C17H17ClFNO. The summed E-state index contributed by atoms with van der Waals surface area (Å²) in [4.78, 5) is 12.0. The van der Waals surface area contributed by atoms with Crippen LogP contribution in [0.25, 0.3) is 0 Å². The zero-order valence-electron chi connectivity index (χ0n) is 12.0. The predicted octanol–water partition coefficient (Wildman–Crippen LogP) is 4.21. The third-order valence-corrected chi connectivity index (χ3v) is 3.63. The van der Waals surface area contributed by atoms with Crippen LogP contribution in [-0.2, 0) is 11.2 Å². The molecule has 0 spiro atoms. The average molecular weight is 306 g/mol. The summed E-state index contributed by atoms with van der Waals surface area (Å²) in [5.74, 6) is -0.673. The number of benzene rings is 2. The second-order valence-corrected chi connectivity index (χ2v) is 5.49. The molecule has 2 aromatic carbocycles. The molecule has 1 atom stereocenters. The van der Waals surface area contributed by atoms with Gasteiger partial charge in [0.25, 0.3) is 0 Å². The summed E-state index contributed by atoms with van der Waals surface area (Å²) in [6, 6.07) is 12.1. The van der Waals surface area contributed by atoms with Crippen LogP contribution in [0.2, 0.25) is 5.02 Å². The molecule has 0 bridgehead atoms. The van der Waals surface area contributed by atoms with Crippen molar-refractivity contribution in [3.63, 3.8) is 0 Å². The minimum atomic E-state index is -0.457. The third kappa shape index (κ3) is 4.05. The largest absolute Gasteiger partial charge is 0.349 e. The molecule has 0 saturated carbocycles. The first-order valence-electron chi connectivity index (χ1n) is 6.76. The number of hydrogen-bond donors (Lipinski definition) is 1. The van der Waals surface area contributed by atoms with Crippen molar-refractivity contribution in [2.75, 3.05) is 0 Å². The molecule has 0 radical (unpaired) electrons. The Kier molecular flexibility index (Phi) is 4.97. The lowest BCUT2D eigenvalue weighted by atomic mass is 10.0. The Bertz CT molecular complexity index is 657. The number of rotatable bonds is 4. The lowest BCUT2D eigenvalue weighted by Gasteiger charge is -2.16. The van der Waals surface area contributed by atoms with Crippen LogP contribution in [0.5, 0.6) is 0 Å². The van der Waals surface area contributed by atoms with E-state index in [1.54, 1.807) is 6.07 Å². The minimum absolute atomic E-state index is 0.000770. The van der Waals surface area contributed by atoms with Crippen LogP contribution in [-0.4, -0.2) is 5.91 Å². The van der Waals surface area contributed by atoms with Crippen molar-refractivity contribution in [1.29, 1.82) is 0 Å². The van der Waals surface area contributed by atoms with E-state index in [1.807, 2.05) is 38.1 Å². The van der Waals surface area contributed by atoms with E-state index in [0.717, 1.165) is 11.1 Å². The summed E-state index contributed by atoms with van der Waals surface area (Å²) < 4.78 is 13.7. The molecule has 1 amide bonds. The van der Waals surface area contributed by atoms with Crippen molar-refractivity contribution in [3.8, 4) is 0 Å². The summed E-state index contributed by atoms with van der Waals surface area (Å²) in [5.41, 5.74) is 2.51. The molecule has 0 fully saturated rings. The lowest BCUT2D eigenvalue weighted by Crippen LogP contribution is -2.28. The molecule has 0 heterocycles. The first kappa shape index (κ1) is 15.5. The maximum atomic E-state index is 13.7. The Hall–Kier alpha value is -1.87. The fourth-order valence-electron chi connectivity index (χ4n) is 2.28. The van der Waals surface area contributed by atoms with E-state index in [1.165, 1.54) is 12.1 Å². The van der Waals surface area contributed by atoms with Gasteiger partial charge in [0.2, 0.25) is 5.91 Å². The molecule has 0 aliphatic carbocycles. The van der Waals surface area contributed by atoms with E-state index < -0.39 is 5.82 Å². The zero-order chi connectivity index (χ0) is 15.4. The van der Waals surface area contributed by atoms with E-state index in [9.17, 15) is 9.18 Å². The fraction of sp³-hybridized carbons (Fsp3) is 0.235. The molecule has 2 aromatic rings. The SMILES string of the molecule is Cc1ccccc1[C@H](C)NC(=O)Cc1ccc(Cl)cc1F. The Morgan fingerprint density at radius 1 is 1.29 bits per heavy atom. The van der Waals surface area contributed by atoms with Crippen LogP contribution in [0, 0.1) is 12.7 Å². The Balaban J connectivity index is 2.03. The van der Waals surface area contributed by atoms with Gasteiger partial charge in [0.05, 0.1) is 12.5 Å². The molecule has 110 valence electrons. The van der Waals surface area contributed by atoms with Gasteiger partial charge in [-0.05, 0) is 42.7 Å². The number of hydrogen-bond acceptors (Lipinski definition) is 1. The van der Waals surface area contributed by atoms with Crippen molar-refractivity contribution in [3.05, 3.63) is 70.0 Å². The molecule has 1 N–H and O–H groups in total. The highest BCUT2D eigenvalue weighted by Crippen LogP contribution is 2.18. The van der Waals surface area contributed by atoms with E-state index in [0.29, 0.717) is 10.6 Å². The van der Waals surface area contributed by atoms with Crippen LogP contribution in [0.4, 0.5) is 4.39 Å². The molecule has 0 aliphatic rings. The van der Waals surface area contributed by atoms with Gasteiger partial charge in [-0.3, -0.25) is 4.79 Å². The first-order chi connectivity index (χ1) is 9.97. The Morgan fingerprint density at radius 3 is 2.67 bits per heavy atom. The van der Waals surface area contributed by atoms with Gasteiger partial charge >= 0.3 is 0 Å². The first-order valence-corrected chi connectivity index (χ1v) is 7.14. The molecule has 0 aliphatic heterocycles. The van der Waals surface area contributed by atoms with Gasteiger partial charge in [0, 0.05) is 5.02 Å². The number of halogens is 2. The Morgan fingerprint density at radius 2 is 2.00 bits per heavy atom. The highest BCUT2D eigenvalue weighted by molar-refractivity contribution is 6.30. The smallest absolute Gasteiger partial charge is 0.225 e. The van der Waals surface area contributed by atoms with Crippen molar-refractivity contribution >= 4 is 17.5 Å². The highest BCUT2D eigenvalue weighted by atomic mass is 35.5. The van der Waals surface area contributed by atoms with Gasteiger partial charge in [-0.1, -0.05) is 41.9 Å². The van der Waals surface area contributed by atoms with Gasteiger partial charge < -0.3 is 5.32 Å². The van der Waals surface area contributed by atoms with Crippen LogP contribution < -0.4 is 5.32 Å². The number of aryl methyl sites for hydroxylation is 1. The van der Waals surface area contributed by atoms with Crippen LogP contribution in [0.15, 0.2) is 42.5 Å². The summed E-state index contributed by atoms with van der Waals surface area (Å²) in [7, 11) is 0. The summed E-state index contributed by atoms with van der Waals surface area (Å²) >= 11 is 5.69. The monoisotopic (exact) mass is 305 g/mol.